The molecule has 5 heteroatoms. The van der Waals surface area contributed by atoms with Crippen molar-refractivity contribution in [2.75, 3.05) is 4.90 Å². The summed E-state index contributed by atoms with van der Waals surface area (Å²) in [5.74, 6) is 2.13. The highest BCUT2D eigenvalue weighted by atomic mass is 16.3. The molecule has 0 bridgehead atoms. The predicted octanol–water partition coefficient (Wildman–Crippen LogP) is 11.2. The molecule has 50 heavy (non-hydrogen) atoms. The Morgan fingerprint density at radius 1 is 0.480 bits per heavy atom. The van der Waals surface area contributed by atoms with Crippen LogP contribution in [0, 0.1) is 0 Å². The number of furan rings is 1. The van der Waals surface area contributed by atoms with Crippen LogP contribution in [0.3, 0.4) is 0 Å². The number of para-hydroxylation sites is 2. The molecule has 0 amide bonds. The zero-order chi connectivity index (χ0) is 33.0. The number of fused-ring (bicyclic) bond motifs is 6. The highest BCUT2D eigenvalue weighted by molar-refractivity contribution is 6.05. The lowest BCUT2D eigenvalue weighted by molar-refractivity contribution is 0.669. The summed E-state index contributed by atoms with van der Waals surface area (Å²) in [7, 11) is 0. The summed E-state index contributed by atoms with van der Waals surface area (Å²) in [5.41, 5.74) is 10.6. The Kier molecular flexibility index (Phi) is 6.56. The number of allylic oxidation sites excluding steroid dienone is 2. The van der Waals surface area contributed by atoms with Crippen molar-refractivity contribution in [2.24, 2.45) is 0 Å². The van der Waals surface area contributed by atoms with Crippen molar-refractivity contribution in [1.29, 1.82) is 0 Å². The van der Waals surface area contributed by atoms with Gasteiger partial charge in [-0.25, -0.2) is 15.0 Å². The molecule has 10 rings (SSSR count). The van der Waals surface area contributed by atoms with E-state index in [0.29, 0.717) is 17.5 Å². The Labute approximate surface area is 289 Å². The third-order valence-electron chi connectivity index (χ3n) is 9.86. The second kappa shape index (κ2) is 11.5. The van der Waals surface area contributed by atoms with Gasteiger partial charge in [-0.05, 0) is 53.6 Å². The minimum atomic E-state index is 0.187. The fourth-order valence-corrected chi connectivity index (χ4v) is 7.52. The van der Waals surface area contributed by atoms with Crippen LogP contribution in [0.2, 0.25) is 0 Å². The standard InChI is InChI=1S/C45H30N4O/c1-3-12-29(13-4-1)34-18-11-19-38-35-16-7-9-20-39(35)49(42(34)38)33-25-22-31(23-26-33)44-46-43(30-14-5-2-6-15-30)47-45(48-44)32-24-27-37-36-17-8-10-21-40(36)50-41(37)28-32/h1-28,35,39H. The number of anilines is 2. The minimum absolute atomic E-state index is 0.187. The fourth-order valence-electron chi connectivity index (χ4n) is 7.52. The summed E-state index contributed by atoms with van der Waals surface area (Å²) in [6.07, 6.45) is 8.97. The van der Waals surface area contributed by atoms with Gasteiger partial charge in [0.15, 0.2) is 17.5 Å². The highest BCUT2D eigenvalue weighted by Gasteiger charge is 2.39. The Morgan fingerprint density at radius 2 is 1.10 bits per heavy atom. The molecular formula is C45H30N4O. The Balaban J connectivity index is 1.08. The van der Waals surface area contributed by atoms with Gasteiger partial charge >= 0.3 is 0 Å². The van der Waals surface area contributed by atoms with Crippen molar-refractivity contribution < 1.29 is 4.42 Å². The van der Waals surface area contributed by atoms with Crippen LogP contribution in [0.5, 0.6) is 0 Å². The normalized spacial score (nSPS) is 16.2. The van der Waals surface area contributed by atoms with E-state index in [1.54, 1.807) is 0 Å². The van der Waals surface area contributed by atoms with Crippen molar-refractivity contribution in [2.45, 2.75) is 12.0 Å². The van der Waals surface area contributed by atoms with E-state index in [2.05, 4.69) is 120 Å². The molecule has 0 fully saturated rings. The molecule has 5 nitrogen and oxygen atoms in total. The van der Waals surface area contributed by atoms with Crippen molar-refractivity contribution >= 4 is 33.3 Å². The third kappa shape index (κ3) is 4.66. The summed E-state index contributed by atoms with van der Waals surface area (Å²) in [5, 5.41) is 2.17. The molecule has 0 saturated heterocycles. The van der Waals surface area contributed by atoms with E-state index in [0.717, 1.165) is 44.3 Å². The molecule has 3 heterocycles. The number of hydrogen-bond acceptors (Lipinski definition) is 5. The quantitative estimate of drug-likeness (QED) is 0.187. The van der Waals surface area contributed by atoms with Gasteiger partial charge in [-0.2, -0.15) is 0 Å². The van der Waals surface area contributed by atoms with Crippen molar-refractivity contribution in [3.05, 3.63) is 175 Å². The lowest BCUT2D eigenvalue weighted by Crippen LogP contribution is -2.28. The van der Waals surface area contributed by atoms with Crippen LogP contribution in [-0.4, -0.2) is 21.0 Å². The smallest absolute Gasteiger partial charge is 0.164 e. The van der Waals surface area contributed by atoms with Gasteiger partial charge in [0.1, 0.15) is 11.2 Å². The van der Waals surface area contributed by atoms with E-state index in [1.165, 1.54) is 22.4 Å². The first-order chi connectivity index (χ1) is 24.8. The lowest BCUT2D eigenvalue weighted by atomic mass is 9.90. The Hall–Kier alpha value is -6.59. The SMILES string of the molecule is C1=CC2c3cccc(-c4ccccc4)c3N(c3ccc(-c4nc(-c5ccccc5)nc(-c5ccc6c(c5)oc5ccccc56)n4)cc3)C2C=C1. The first-order valence-corrected chi connectivity index (χ1v) is 16.9. The van der Waals surface area contributed by atoms with Gasteiger partial charge in [-0.3, -0.25) is 0 Å². The van der Waals surface area contributed by atoms with Crippen LogP contribution in [0.4, 0.5) is 11.4 Å². The van der Waals surface area contributed by atoms with E-state index in [1.807, 2.05) is 54.6 Å². The van der Waals surface area contributed by atoms with Gasteiger partial charge in [0.05, 0.1) is 11.7 Å². The minimum Gasteiger partial charge on any atom is -0.456 e. The average molecular weight is 643 g/mol. The van der Waals surface area contributed by atoms with E-state index in [4.69, 9.17) is 19.4 Å². The number of hydrogen-bond donors (Lipinski definition) is 0. The zero-order valence-corrected chi connectivity index (χ0v) is 27.0. The Morgan fingerprint density at radius 3 is 1.88 bits per heavy atom. The van der Waals surface area contributed by atoms with Gasteiger partial charge in [0, 0.05) is 44.6 Å². The zero-order valence-electron chi connectivity index (χ0n) is 27.0. The predicted molar refractivity (Wildman–Crippen MR) is 202 cm³/mol. The van der Waals surface area contributed by atoms with Crippen LogP contribution in [-0.2, 0) is 0 Å². The molecule has 0 saturated carbocycles. The molecule has 0 radical (unpaired) electrons. The summed E-state index contributed by atoms with van der Waals surface area (Å²) in [4.78, 5) is 17.5. The van der Waals surface area contributed by atoms with Crippen molar-refractivity contribution in [1.82, 2.24) is 15.0 Å². The van der Waals surface area contributed by atoms with Gasteiger partial charge in [0.25, 0.3) is 0 Å². The monoisotopic (exact) mass is 642 g/mol. The molecule has 0 spiro atoms. The first-order valence-electron chi connectivity index (χ1n) is 16.9. The number of rotatable bonds is 5. The van der Waals surface area contributed by atoms with Crippen LogP contribution in [0.25, 0.3) is 67.2 Å². The van der Waals surface area contributed by atoms with E-state index < -0.39 is 0 Å². The molecule has 8 aromatic rings. The number of aromatic nitrogens is 3. The topological polar surface area (TPSA) is 55.1 Å². The molecule has 236 valence electrons. The third-order valence-corrected chi connectivity index (χ3v) is 9.86. The fraction of sp³-hybridized carbons (Fsp3) is 0.0444. The van der Waals surface area contributed by atoms with Crippen molar-refractivity contribution in [3.63, 3.8) is 0 Å². The van der Waals surface area contributed by atoms with E-state index in [-0.39, 0.29) is 12.0 Å². The van der Waals surface area contributed by atoms with E-state index >= 15 is 0 Å². The first kappa shape index (κ1) is 28.4. The largest absolute Gasteiger partial charge is 0.456 e. The van der Waals surface area contributed by atoms with Gasteiger partial charge in [0.2, 0.25) is 0 Å². The summed E-state index contributed by atoms with van der Waals surface area (Å²) in [6.45, 7) is 0. The Bertz CT molecular complexity index is 2610. The molecule has 0 N–H and O–H groups in total. The van der Waals surface area contributed by atoms with Crippen molar-refractivity contribution in [3.8, 4) is 45.3 Å². The van der Waals surface area contributed by atoms with Gasteiger partial charge in [-0.15, -0.1) is 0 Å². The molecule has 2 aromatic heterocycles. The maximum absolute atomic E-state index is 6.22. The average Bonchev–Trinajstić information content (AvgIpc) is 3.74. The number of nitrogens with zero attached hydrogens (tertiary/aromatic N) is 4. The van der Waals surface area contributed by atoms with Crippen LogP contribution >= 0.6 is 0 Å². The summed E-state index contributed by atoms with van der Waals surface area (Å²) >= 11 is 0. The maximum Gasteiger partial charge on any atom is 0.164 e. The molecule has 6 aromatic carbocycles. The van der Waals surface area contributed by atoms with Crippen LogP contribution in [0.1, 0.15) is 11.5 Å². The summed E-state index contributed by atoms with van der Waals surface area (Å²) < 4.78 is 6.22. The van der Waals surface area contributed by atoms with Gasteiger partial charge < -0.3 is 9.32 Å². The molecule has 1 aliphatic heterocycles. The molecular weight excluding hydrogens is 613 g/mol. The summed E-state index contributed by atoms with van der Waals surface area (Å²) in [6, 6.07) is 50.6. The van der Waals surface area contributed by atoms with Gasteiger partial charge in [-0.1, -0.05) is 127 Å². The highest BCUT2D eigenvalue weighted by Crippen LogP contribution is 2.51. The van der Waals surface area contributed by atoms with Crippen LogP contribution < -0.4 is 4.90 Å². The van der Waals surface area contributed by atoms with Crippen LogP contribution in [0.15, 0.2) is 174 Å². The lowest BCUT2D eigenvalue weighted by Gasteiger charge is -2.30. The number of benzene rings is 6. The molecule has 2 aliphatic rings. The second-order valence-electron chi connectivity index (χ2n) is 12.8. The second-order valence-corrected chi connectivity index (χ2v) is 12.8. The molecule has 2 unspecified atom stereocenters. The maximum atomic E-state index is 6.22. The molecule has 2 atom stereocenters. The van der Waals surface area contributed by atoms with E-state index in [9.17, 15) is 0 Å². The molecule has 1 aliphatic carbocycles.